The summed E-state index contributed by atoms with van der Waals surface area (Å²) in [6, 6.07) is -1.16. The van der Waals surface area contributed by atoms with Crippen LogP contribution in [0.2, 0.25) is 0 Å². The molecule has 1 rings (SSSR count). The summed E-state index contributed by atoms with van der Waals surface area (Å²) in [4.78, 5) is 57.2. The fourth-order valence-electron chi connectivity index (χ4n) is 2.55. The molecule has 1 aliphatic rings. The fraction of sp³-hybridized carbons (Fsp3) is 0.688. The Morgan fingerprint density at radius 3 is 1.74 bits per heavy atom. The van der Waals surface area contributed by atoms with E-state index in [0.29, 0.717) is 0 Å². The minimum Gasteiger partial charge on any atom is -0.463 e. The molecule has 0 unspecified atom stereocenters. The van der Waals surface area contributed by atoms with E-state index in [1.807, 2.05) is 0 Å². The Kier molecular flexibility index (Phi) is 8.16. The lowest BCUT2D eigenvalue weighted by Crippen LogP contribution is -2.66. The highest BCUT2D eigenvalue weighted by Crippen LogP contribution is 2.28. The van der Waals surface area contributed by atoms with Crippen LogP contribution < -0.4 is 5.32 Å². The molecule has 11 heteroatoms. The third-order valence-electron chi connectivity index (χ3n) is 3.35. The maximum atomic E-state index is 11.6. The SMILES string of the molecule is CC(=O)N[C@H]1[C@@H](OC(C)=O)O[C@@H](COC(C)=O)[C@H](OC(C)=O)[C@@H]1OC(C)=O. The summed E-state index contributed by atoms with van der Waals surface area (Å²) in [5, 5.41) is 2.46. The molecule has 11 nitrogen and oxygen atoms in total. The van der Waals surface area contributed by atoms with Gasteiger partial charge in [-0.15, -0.1) is 0 Å². The maximum Gasteiger partial charge on any atom is 0.305 e. The quantitative estimate of drug-likeness (QED) is 0.453. The lowest BCUT2D eigenvalue weighted by atomic mass is 9.96. The minimum atomic E-state index is -1.37. The topological polar surface area (TPSA) is 144 Å². The number of carbonyl (C=O) groups is 5. The van der Waals surface area contributed by atoms with E-state index < -0.39 is 60.4 Å². The number of rotatable bonds is 6. The van der Waals surface area contributed by atoms with Crippen LogP contribution in [-0.4, -0.2) is 67.0 Å². The minimum absolute atomic E-state index is 0.365. The molecule has 0 radical (unpaired) electrons. The van der Waals surface area contributed by atoms with Crippen LogP contribution in [0.3, 0.4) is 0 Å². The van der Waals surface area contributed by atoms with Crippen molar-refractivity contribution in [3.63, 3.8) is 0 Å². The van der Waals surface area contributed by atoms with Gasteiger partial charge in [-0.2, -0.15) is 0 Å². The van der Waals surface area contributed by atoms with Gasteiger partial charge in [-0.3, -0.25) is 24.0 Å². The Bertz CT molecular complexity index is 604. The van der Waals surface area contributed by atoms with Crippen molar-refractivity contribution in [3.05, 3.63) is 0 Å². The van der Waals surface area contributed by atoms with E-state index in [1.54, 1.807) is 0 Å². The first-order valence-electron chi connectivity index (χ1n) is 8.08. The van der Waals surface area contributed by atoms with Crippen molar-refractivity contribution in [1.82, 2.24) is 5.32 Å². The predicted octanol–water partition coefficient (Wildman–Crippen LogP) is -0.794. The molecule has 27 heavy (non-hydrogen) atoms. The predicted molar refractivity (Wildman–Crippen MR) is 85.8 cm³/mol. The molecule has 0 aromatic heterocycles. The monoisotopic (exact) mass is 389 g/mol. The maximum absolute atomic E-state index is 11.6. The summed E-state index contributed by atoms with van der Waals surface area (Å²) < 4.78 is 25.9. The second kappa shape index (κ2) is 9.86. The van der Waals surface area contributed by atoms with E-state index in [4.69, 9.17) is 23.7 Å². The third kappa shape index (κ3) is 7.21. The number of carbonyl (C=O) groups excluding carboxylic acids is 5. The standard InChI is InChI=1S/C16H23NO10/c1-7(18)17-13-15(25-10(4)21)14(24-9(3)20)12(6-23-8(2)19)27-16(13)26-11(5)22/h12-16H,6H2,1-5H3,(H,17,18)/t12-,13+,14-,15+,16-/m0/s1. The zero-order valence-corrected chi connectivity index (χ0v) is 15.7. The summed E-state index contributed by atoms with van der Waals surface area (Å²) in [7, 11) is 0. The molecule has 0 bridgehead atoms. The van der Waals surface area contributed by atoms with E-state index in [-0.39, 0.29) is 6.61 Å². The molecule has 5 atom stereocenters. The van der Waals surface area contributed by atoms with Gasteiger partial charge in [0, 0.05) is 34.6 Å². The van der Waals surface area contributed by atoms with E-state index in [0.717, 1.165) is 27.7 Å². The Morgan fingerprint density at radius 1 is 0.778 bits per heavy atom. The number of hydrogen-bond donors (Lipinski definition) is 1. The smallest absolute Gasteiger partial charge is 0.305 e. The first-order chi connectivity index (χ1) is 12.5. The molecule has 1 amide bonds. The van der Waals surface area contributed by atoms with Gasteiger partial charge in [0.05, 0.1) is 0 Å². The first-order valence-corrected chi connectivity index (χ1v) is 8.08. The van der Waals surface area contributed by atoms with Gasteiger partial charge in [0.15, 0.2) is 12.2 Å². The Morgan fingerprint density at radius 2 is 1.30 bits per heavy atom. The molecule has 0 aromatic rings. The second-order valence-electron chi connectivity index (χ2n) is 5.83. The van der Waals surface area contributed by atoms with Gasteiger partial charge in [0.2, 0.25) is 12.2 Å². The molecule has 152 valence electrons. The summed E-state index contributed by atoms with van der Waals surface area (Å²) >= 11 is 0. The van der Waals surface area contributed by atoms with Gasteiger partial charge < -0.3 is 29.0 Å². The number of hydrogen-bond acceptors (Lipinski definition) is 10. The van der Waals surface area contributed by atoms with Crippen LogP contribution in [0.5, 0.6) is 0 Å². The van der Waals surface area contributed by atoms with Gasteiger partial charge in [-0.05, 0) is 0 Å². The zero-order valence-electron chi connectivity index (χ0n) is 15.7. The molecule has 1 saturated heterocycles. The zero-order chi connectivity index (χ0) is 20.7. The molecular formula is C16H23NO10. The van der Waals surface area contributed by atoms with Crippen LogP contribution in [0.25, 0.3) is 0 Å². The van der Waals surface area contributed by atoms with Gasteiger partial charge >= 0.3 is 23.9 Å². The van der Waals surface area contributed by atoms with Crippen LogP contribution in [0.1, 0.15) is 34.6 Å². The highest BCUT2D eigenvalue weighted by atomic mass is 16.7. The van der Waals surface area contributed by atoms with Crippen LogP contribution in [0.15, 0.2) is 0 Å². The van der Waals surface area contributed by atoms with Gasteiger partial charge in [0.1, 0.15) is 18.8 Å². The van der Waals surface area contributed by atoms with Crippen molar-refractivity contribution in [2.75, 3.05) is 6.61 Å². The van der Waals surface area contributed by atoms with Crippen LogP contribution in [0, 0.1) is 0 Å². The summed E-state index contributed by atoms with van der Waals surface area (Å²) in [6.07, 6.45) is -4.97. The van der Waals surface area contributed by atoms with Crippen LogP contribution in [0.4, 0.5) is 0 Å². The highest BCUT2D eigenvalue weighted by molar-refractivity contribution is 5.74. The Labute approximate surface area is 155 Å². The van der Waals surface area contributed by atoms with E-state index in [2.05, 4.69) is 5.32 Å². The van der Waals surface area contributed by atoms with Gasteiger partial charge in [-0.1, -0.05) is 0 Å². The molecule has 0 spiro atoms. The van der Waals surface area contributed by atoms with Crippen molar-refractivity contribution >= 4 is 29.8 Å². The van der Waals surface area contributed by atoms with Crippen LogP contribution >= 0.6 is 0 Å². The van der Waals surface area contributed by atoms with Gasteiger partial charge in [0.25, 0.3) is 0 Å². The molecular weight excluding hydrogens is 366 g/mol. The van der Waals surface area contributed by atoms with Crippen molar-refractivity contribution in [2.45, 2.75) is 65.3 Å². The largest absolute Gasteiger partial charge is 0.463 e. The molecule has 0 aromatic carbocycles. The van der Waals surface area contributed by atoms with Crippen molar-refractivity contribution in [2.24, 2.45) is 0 Å². The summed E-state index contributed by atoms with van der Waals surface area (Å²) in [5.41, 5.74) is 0. The Hall–Kier alpha value is -2.69. The van der Waals surface area contributed by atoms with Gasteiger partial charge in [-0.25, -0.2) is 0 Å². The van der Waals surface area contributed by atoms with Crippen molar-refractivity contribution in [3.8, 4) is 0 Å². The van der Waals surface area contributed by atoms with E-state index in [9.17, 15) is 24.0 Å². The summed E-state index contributed by atoms with van der Waals surface area (Å²) in [5.74, 6) is -3.34. The highest BCUT2D eigenvalue weighted by Gasteiger charge is 2.52. The van der Waals surface area contributed by atoms with Crippen molar-refractivity contribution in [1.29, 1.82) is 0 Å². The summed E-state index contributed by atoms with van der Waals surface area (Å²) in [6.45, 7) is 5.36. The molecule has 0 saturated carbocycles. The third-order valence-corrected chi connectivity index (χ3v) is 3.35. The van der Waals surface area contributed by atoms with Crippen molar-refractivity contribution < 1.29 is 47.7 Å². The number of nitrogens with one attached hydrogen (secondary N) is 1. The lowest BCUT2D eigenvalue weighted by molar-refractivity contribution is -0.270. The number of amides is 1. The molecule has 0 aliphatic carbocycles. The number of ether oxygens (including phenoxy) is 5. The average molecular weight is 389 g/mol. The fourth-order valence-corrected chi connectivity index (χ4v) is 2.55. The van der Waals surface area contributed by atoms with E-state index >= 15 is 0 Å². The normalized spacial score (nSPS) is 27.1. The van der Waals surface area contributed by atoms with Crippen LogP contribution in [-0.2, 0) is 47.7 Å². The molecule has 1 fully saturated rings. The molecule has 1 aliphatic heterocycles. The lowest BCUT2D eigenvalue weighted by Gasteiger charge is -2.44. The Balaban J connectivity index is 3.29. The first kappa shape index (κ1) is 22.4. The average Bonchev–Trinajstić information content (AvgIpc) is 2.49. The molecule has 1 heterocycles. The second-order valence-corrected chi connectivity index (χ2v) is 5.83. The number of esters is 4. The molecule has 1 N–H and O–H groups in total. The van der Waals surface area contributed by atoms with E-state index in [1.165, 1.54) is 6.92 Å².